The third kappa shape index (κ3) is 3.02. The van der Waals surface area contributed by atoms with Crippen LogP contribution in [0.3, 0.4) is 0 Å². The fraction of sp³-hybridized carbons (Fsp3) is 0.316. The molecule has 24 heavy (non-hydrogen) atoms. The number of amides is 1. The van der Waals surface area contributed by atoms with Crippen LogP contribution >= 0.6 is 0 Å². The minimum absolute atomic E-state index is 0.125. The number of hydrogen-bond donors (Lipinski definition) is 1. The molecule has 2 aromatic rings. The van der Waals surface area contributed by atoms with Crippen molar-refractivity contribution in [2.45, 2.75) is 12.8 Å². The summed E-state index contributed by atoms with van der Waals surface area (Å²) < 4.78 is 11.0. The summed E-state index contributed by atoms with van der Waals surface area (Å²) in [5.74, 6) is 1.26. The molecule has 0 unspecified atom stereocenters. The van der Waals surface area contributed by atoms with Gasteiger partial charge in [0.05, 0.1) is 0 Å². The van der Waals surface area contributed by atoms with Crippen LogP contribution in [0.2, 0.25) is 0 Å². The number of fused-ring (bicyclic) bond motifs is 1. The second kappa shape index (κ2) is 6.43. The molecule has 1 saturated heterocycles. The lowest BCUT2D eigenvalue weighted by Gasteiger charge is -2.19. The lowest BCUT2D eigenvalue weighted by atomic mass is 10.1. The summed E-state index contributed by atoms with van der Waals surface area (Å²) in [4.78, 5) is 14.8. The monoisotopic (exact) mass is 324 g/mol. The van der Waals surface area contributed by atoms with E-state index in [-0.39, 0.29) is 5.91 Å². The predicted octanol–water partition coefficient (Wildman–Crippen LogP) is 3.31. The van der Waals surface area contributed by atoms with Crippen molar-refractivity contribution in [2.75, 3.05) is 36.5 Å². The fourth-order valence-corrected chi connectivity index (χ4v) is 3.12. The average molecular weight is 324 g/mol. The van der Waals surface area contributed by atoms with E-state index in [1.54, 1.807) is 6.07 Å². The molecule has 0 aromatic heterocycles. The Morgan fingerprint density at radius 3 is 2.38 bits per heavy atom. The first-order chi connectivity index (χ1) is 11.8. The molecule has 1 amide bonds. The van der Waals surface area contributed by atoms with Crippen molar-refractivity contribution in [3.05, 3.63) is 48.0 Å². The van der Waals surface area contributed by atoms with Gasteiger partial charge in [0.15, 0.2) is 11.5 Å². The van der Waals surface area contributed by atoms with E-state index < -0.39 is 0 Å². The predicted molar refractivity (Wildman–Crippen MR) is 93.3 cm³/mol. The normalized spacial score (nSPS) is 16.1. The van der Waals surface area contributed by atoms with Gasteiger partial charge in [-0.3, -0.25) is 4.79 Å². The van der Waals surface area contributed by atoms with Crippen LogP contribution < -0.4 is 19.7 Å². The van der Waals surface area contributed by atoms with Crippen LogP contribution in [-0.2, 0) is 0 Å². The highest BCUT2D eigenvalue weighted by molar-refractivity contribution is 6.04. The molecule has 0 atom stereocenters. The standard InChI is InChI=1S/C19H20N2O3/c22-19(14-3-6-16(7-4-14)21-9-1-2-10-21)20-15-5-8-17-18(13-15)24-12-11-23-17/h3-8,13H,1-2,9-12H2,(H,20,22). The molecule has 0 radical (unpaired) electrons. The molecule has 1 N–H and O–H groups in total. The van der Waals surface area contributed by atoms with Gasteiger partial charge in [0, 0.05) is 36.1 Å². The smallest absolute Gasteiger partial charge is 0.255 e. The molecule has 5 heteroatoms. The van der Waals surface area contributed by atoms with Crippen LogP contribution in [0.5, 0.6) is 11.5 Å². The molecule has 1 fully saturated rings. The number of rotatable bonds is 3. The summed E-state index contributed by atoms with van der Waals surface area (Å²) in [5.41, 5.74) is 2.53. The molecule has 2 aliphatic heterocycles. The molecule has 2 heterocycles. The highest BCUT2D eigenvalue weighted by Gasteiger charge is 2.15. The Kier molecular flexibility index (Phi) is 3.99. The second-order valence-electron chi connectivity index (χ2n) is 6.05. The zero-order chi connectivity index (χ0) is 16.4. The largest absolute Gasteiger partial charge is 0.486 e. The van der Waals surface area contributed by atoms with Crippen molar-refractivity contribution in [3.8, 4) is 11.5 Å². The molecule has 0 aliphatic carbocycles. The molecule has 0 saturated carbocycles. The van der Waals surface area contributed by atoms with Crippen LogP contribution in [0.4, 0.5) is 11.4 Å². The number of hydrogen-bond acceptors (Lipinski definition) is 4. The van der Waals surface area contributed by atoms with E-state index in [2.05, 4.69) is 10.2 Å². The maximum Gasteiger partial charge on any atom is 0.255 e. The van der Waals surface area contributed by atoms with E-state index in [0.717, 1.165) is 13.1 Å². The highest BCUT2D eigenvalue weighted by Crippen LogP contribution is 2.32. The summed E-state index contributed by atoms with van der Waals surface area (Å²) >= 11 is 0. The summed E-state index contributed by atoms with van der Waals surface area (Å²) in [5, 5.41) is 2.91. The molecule has 0 bridgehead atoms. The van der Waals surface area contributed by atoms with Gasteiger partial charge in [0.25, 0.3) is 5.91 Å². The Morgan fingerprint density at radius 1 is 0.917 bits per heavy atom. The average Bonchev–Trinajstić information content (AvgIpc) is 3.16. The van der Waals surface area contributed by atoms with Gasteiger partial charge in [-0.15, -0.1) is 0 Å². The van der Waals surface area contributed by atoms with Gasteiger partial charge in [0.2, 0.25) is 0 Å². The van der Waals surface area contributed by atoms with Crippen LogP contribution in [0.15, 0.2) is 42.5 Å². The summed E-state index contributed by atoms with van der Waals surface area (Å²) in [7, 11) is 0. The zero-order valence-corrected chi connectivity index (χ0v) is 13.5. The summed E-state index contributed by atoms with van der Waals surface area (Å²) in [6.07, 6.45) is 2.48. The Morgan fingerprint density at radius 2 is 1.62 bits per heavy atom. The number of nitrogens with one attached hydrogen (secondary N) is 1. The van der Waals surface area contributed by atoms with Gasteiger partial charge in [-0.2, -0.15) is 0 Å². The van der Waals surface area contributed by atoms with E-state index >= 15 is 0 Å². The van der Waals surface area contributed by atoms with Crippen LogP contribution in [0, 0.1) is 0 Å². The second-order valence-corrected chi connectivity index (χ2v) is 6.05. The number of ether oxygens (including phenoxy) is 2. The third-order valence-electron chi connectivity index (χ3n) is 4.40. The summed E-state index contributed by atoms with van der Waals surface area (Å²) in [6, 6.07) is 13.2. The van der Waals surface area contributed by atoms with Crippen molar-refractivity contribution < 1.29 is 14.3 Å². The van der Waals surface area contributed by atoms with E-state index in [1.807, 2.05) is 36.4 Å². The Bertz CT molecular complexity index is 737. The van der Waals surface area contributed by atoms with Crippen LogP contribution in [-0.4, -0.2) is 32.2 Å². The molecule has 4 rings (SSSR count). The Balaban J connectivity index is 1.45. The lowest BCUT2D eigenvalue weighted by molar-refractivity contribution is 0.102. The Labute approximate surface area is 141 Å². The SMILES string of the molecule is O=C(Nc1ccc2c(c1)OCCO2)c1ccc(N2CCCC2)cc1. The molecular formula is C19H20N2O3. The Hall–Kier alpha value is -2.69. The number of benzene rings is 2. The molecule has 0 spiro atoms. The quantitative estimate of drug-likeness (QED) is 0.941. The number of anilines is 2. The van der Waals surface area contributed by atoms with Gasteiger partial charge in [-0.1, -0.05) is 0 Å². The lowest BCUT2D eigenvalue weighted by Crippen LogP contribution is -2.18. The first-order valence-electron chi connectivity index (χ1n) is 8.36. The minimum Gasteiger partial charge on any atom is -0.486 e. The van der Waals surface area contributed by atoms with Crippen LogP contribution in [0.25, 0.3) is 0 Å². The van der Waals surface area contributed by atoms with Crippen molar-refractivity contribution in [3.63, 3.8) is 0 Å². The maximum absolute atomic E-state index is 12.4. The van der Waals surface area contributed by atoms with Crippen molar-refractivity contribution >= 4 is 17.3 Å². The van der Waals surface area contributed by atoms with Crippen molar-refractivity contribution in [1.29, 1.82) is 0 Å². The maximum atomic E-state index is 12.4. The fourth-order valence-electron chi connectivity index (χ4n) is 3.12. The molecule has 5 nitrogen and oxygen atoms in total. The number of carbonyl (C=O) groups excluding carboxylic acids is 1. The number of nitrogens with zero attached hydrogens (tertiary/aromatic N) is 1. The van der Waals surface area contributed by atoms with Gasteiger partial charge in [-0.05, 0) is 49.2 Å². The highest BCUT2D eigenvalue weighted by atomic mass is 16.6. The van der Waals surface area contributed by atoms with E-state index in [4.69, 9.17) is 9.47 Å². The third-order valence-corrected chi connectivity index (χ3v) is 4.40. The van der Waals surface area contributed by atoms with Gasteiger partial charge in [-0.25, -0.2) is 0 Å². The molecular weight excluding hydrogens is 304 g/mol. The number of carbonyl (C=O) groups is 1. The summed E-state index contributed by atoms with van der Waals surface area (Å²) in [6.45, 7) is 3.29. The van der Waals surface area contributed by atoms with Gasteiger partial charge in [0.1, 0.15) is 13.2 Å². The van der Waals surface area contributed by atoms with Gasteiger partial charge >= 0.3 is 0 Å². The molecule has 2 aliphatic rings. The first-order valence-corrected chi connectivity index (χ1v) is 8.36. The van der Waals surface area contributed by atoms with Crippen LogP contribution in [0.1, 0.15) is 23.2 Å². The first kappa shape index (κ1) is 14.9. The molecule has 2 aromatic carbocycles. The van der Waals surface area contributed by atoms with Crippen molar-refractivity contribution in [1.82, 2.24) is 0 Å². The zero-order valence-electron chi connectivity index (χ0n) is 13.5. The van der Waals surface area contributed by atoms with E-state index in [0.29, 0.717) is 36.0 Å². The molecule has 124 valence electrons. The van der Waals surface area contributed by atoms with Gasteiger partial charge < -0.3 is 19.7 Å². The van der Waals surface area contributed by atoms with Crippen molar-refractivity contribution in [2.24, 2.45) is 0 Å². The minimum atomic E-state index is -0.125. The van der Waals surface area contributed by atoms with E-state index in [9.17, 15) is 4.79 Å². The topological polar surface area (TPSA) is 50.8 Å². The van der Waals surface area contributed by atoms with E-state index in [1.165, 1.54) is 18.5 Å².